The van der Waals surface area contributed by atoms with Gasteiger partial charge in [-0.2, -0.15) is 0 Å². The van der Waals surface area contributed by atoms with Crippen LogP contribution in [0, 0.1) is 6.92 Å². The molecule has 0 fully saturated rings. The SMILES string of the molecule is CCc1cc(Nc2nccc(-c3sc(NC)nc3C)n2)ccc1C(=O)O. The summed E-state index contributed by atoms with van der Waals surface area (Å²) < 4.78 is 0. The van der Waals surface area contributed by atoms with Crippen LogP contribution in [-0.2, 0) is 6.42 Å². The van der Waals surface area contributed by atoms with Crippen LogP contribution in [0.25, 0.3) is 10.6 Å². The van der Waals surface area contributed by atoms with Gasteiger partial charge in [-0.3, -0.25) is 0 Å². The smallest absolute Gasteiger partial charge is 0.335 e. The number of carbonyl (C=O) groups is 1. The first-order chi connectivity index (χ1) is 12.5. The summed E-state index contributed by atoms with van der Waals surface area (Å²) in [7, 11) is 1.83. The van der Waals surface area contributed by atoms with Gasteiger partial charge in [0.25, 0.3) is 0 Å². The molecule has 0 amide bonds. The van der Waals surface area contributed by atoms with Crippen molar-refractivity contribution in [1.29, 1.82) is 0 Å². The molecule has 2 aromatic heterocycles. The second kappa shape index (κ2) is 7.49. The van der Waals surface area contributed by atoms with E-state index < -0.39 is 5.97 Å². The van der Waals surface area contributed by atoms with Crippen molar-refractivity contribution in [1.82, 2.24) is 15.0 Å². The van der Waals surface area contributed by atoms with Gasteiger partial charge in [-0.1, -0.05) is 18.3 Å². The molecule has 0 aliphatic heterocycles. The van der Waals surface area contributed by atoms with E-state index in [1.54, 1.807) is 18.3 Å². The Balaban J connectivity index is 1.89. The average Bonchev–Trinajstić information content (AvgIpc) is 3.02. The minimum atomic E-state index is -0.923. The maximum absolute atomic E-state index is 11.3. The minimum absolute atomic E-state index is 0.313. The number of carboxylic acids is 1. The van der Waals surface area contributed by atoms with Gasteiger partial charge in [0.2, 0.25) is 5.95 Å². The zero-order valence-electron chi connectivity index (χ0n) is 14.7. The van der Waals surface area contributed by atoms with Gasteiger partial charge in [-0.25, -0.2) is 19.7 Å². The number of hydrogen-bond acceptors (Lipinski definition) is 7. The van der Waals surface area contributed by atoms with Gasteiger partial charge in [0, 0.05) is 18.9 Å². The summed E-state index contributed by atoms with van der Waals surface area (Å²) in [5.74, 6) is -0.473. The second-order valence-corrected chi connectivity index (χ2v) is 6.60. The fourth-order valence-electron chi connectivity index (χ4n) is 2.59. The van der Waals surface area contributed by atoms with Crippen molar-refractivity contribution >= 4 is 34.1 Å². The number of carboxylic acid groups (broad SMARTS) is 1. The van der Waals surface area contributed by atoms with E-state index in [0.717, 1.165) is 32.6 Å². The average molecular weight is 369 g/mol. The molecule has 26 heavy (non-hydrogen) atoms. The molecule has 3 N–H and O–H groups in total. The lowest BCUT2D eigenvalue weighted by atomic mass is 10.0. The molecule has 0 bridgehead atoms. The molecule has 0 radical (unpaired) electrons. The van der Waals surface area contributed by atoms with E-state index in [-0.39, 0.29) is 0 Å². The summed E-state index contributed by atoms with van der Waals surface area (Å²) in [5, 5.41) is 16.3. The third kappa shape index (κ3) is 3.65. The molecular weight excluding hydrogens is 350 g/mol. The molecule has 0 aliphatic rings. The van der Waals surface area contributed by atoms with Crippen molar-refractivity contribution in [3.8, 4) is 10.6 Å². The summed E-state index contributed by atoms with van der Waals surface area (Å²) in [4.78, 5) is 25.5. The number of anilines is 3. The first-order valence-electron chi connectivity index (χ1n) is 8.13. The second-order valence-electron chi connectivity index (χ2n) is 5.60. The molecule has 8 heteroatoms. The number of aryl methyl sites for hydroxylation is 2. The lowest BCUT2D eigenvalue weighted by Crippen LogP contribution is -2.04. The van der Waals surface area contributed by atoms with E-state index in [4.69, 9.17) is 0 Å². The van der Waals surface area contributed by atoms with Crippen LogP contribution in [0.2, 0.25) is 0 Å². The zero-order chi connectivity index (χ0) is 18.7. The lowest BCUT2D eigenvalue weighted by Gasteiger charge is -2.09. The lowest BCUT2D eigenvalue weighted by molar-refractivity contribution is 0.0696. The van der Waals surface area contributed by atoms with Crippen LogP contribution in [0.4, 0.5) is 16.8 Å². The molecular formula is C18H19N5O2S. The van der Waals surface area contributed by atoms with E-state index in [2.05, 4.69) is 25.6 Å². The Morgan fingerprint density at radius 1 is 1.27 bits per heavy atom. The van der Waals surface area contributed by atoms with Gasteiger partial charge in [0.05, 0.1) is 21.8 Å². The molecule has 0 saturated heterocycles. The number of nitrogens with one attached hydrogen (secondary N) is 2. The normalized spacial score (nSPS) is 10.6. The van der Waals surface area contributed by atoms with Crippen LogP contribution in [0.5, 0.6) is 0 Å². The van der Waals surface area contributed by atoms with Gasteiger partial charge in [0.15, 0.2) is 5.13 Å². The molecule has 0 aliphatic carbocycles. The van der Waals surface area contributed by atoms with Gasteiger partial charge in [0.1, 0.15) is 0 Å². The van der Waals surface area contributed by atoms with Gasteiger partial charge in [-0.05, 0) is 43.2 Å². The van der Waals surface area contributed by atoms with E-state index in [9.17, 15) is 9.90 Å². The highest BCUT2D eigenvalue weighted by Crippen LogP contribution is 2.31. The van der Waals surface area contributed by atoms with Crippen LogP contribution in [0.3, 0.4) is 0 Å². The quantitative estimate of drug-likeness (QED) is 0.605. The van der Waals surface area contributed by atoms with Crippen LogP contribution in [0.15, 0.2) is 30.5 Å². The van der Waals surface area contributed by atoms with Gasteiger partial charge >= 0.3 is 5.97 Å². The van der Waals surface area contributed by atoms with E-state index >= 15 is 0 Å². The number of aromatic carboxylic acids is 1. The molecule has 0 atom stereocenters. The summed E-state index contributed by atoms with van der Waals surface area (Å²) in [6, 6.07) is 6.97. The largest absolute Gasteiger partial charge is 0.478 e. The number of nitrogens with zero attached hydrogens (tertiary/aromatic N) is 3. The monoisotopic (exact) mass is 369 g/mol. The minimum Gasteiger partial charge on any atom is -0.478 e. The summed E-state index contributed by atoms with van der Waals surface area (Å²) in [6.07, 6.45) is 2.32. The van der Waals surface area contributed by atoms with Crippen molar-refractivity contribution in [2.24, 2.45) is 0 Å². The first-order valence-corrected chi connectivity index (χ1v) is 8.95. The Hall–Kier alpha value is -3.00. The molecule has 7 nitrogen and oxygen atoms in total. The van der Waals surface area contributed by atoms with Crippen LogP contribution < -0.4 is 10.6 Å². The highest BCUT2D eigenvalue weighted by molar-refractivity contribution is 7.19. The Morgan fingerprint density at radius 2 is 2.08 bits per heavy atom. The molecule has 0 unspecified atom stereocenters. The van der Waals surface area contributed by atoms with Gasteiger partial charge < -0.3 is 15.7 Å². The molecule has 1 aromatic carbocycles. The third-order valence-electron chi connectivity index (χ3n) is 3.87. The Morgan fingerprint density at radius 3 is 2.73 bits per heavy atom. The predicted molar refractivity (Wildman–Crippen MR) is 103 cm³/mol. The van der Waals surface area contributed by atoms with Crippen LogP contribution >= 0.6 is 11.3 Å². The third-order valence-corrected chi connectivity index (χ3v) is 5.07. The van der Waals surface area contributed by atoms with Crippen LogP contribution in [0.1, 0.15) is 28.5 Å². The molecule has 0 saturated carbocycles. The van der Waals surface area contributed by atoms with Crippen molar-refractivity contribution in [3.05, 3.63) is 47.3 Å². The van der Waals surface area contributed by atoms with E-state index in [0.29, 0.717) is 17.9 Å². The van der Waals surface area contributed by atoms with Crippen molar-refractivity contribution in [2.45, 2.75) is 20.3 Å². The fraction of sp³-hybridized carbons (Fsp3) is 0.222. The summed E-state index contributed by atoms with van der Waals surface area (Å²) in [5.41, 5.74) is 3.52. The predicted octanol–water partition coefficient (Wildman–Crippen LogP) is 3.95. The maximum Gasteiger partial charge on any atom is 0.335 e. The summed E-state index contributed by atoms with van der Waals surface area (Å²) in [6.45, 7) is 3.87. The van der Waals surface area contributed by atoms with Crippen molar-refractivity contribution in [2.75, 3.05) is 17.7 Å². The number of hydrogen-bond donors (Lipinski definition) is 3. The highest BCUT2D eigenvalue weighted by Gasteiger charge is 2.13. The zero-order valence-corrected chi connectivity index (χ0v) is 15.5. The van der Waals surface area contributed by atoms with Gasteiger partial charge in [-0.15, -0.1) is 0 Å². The summed E-state index contributed by atoms with van der Waals surface area (Å²) >= 11 is 1.53. The van der Waals surface area contributed by atoms with Crippen LogP contribution in [-0.4, -0.2) is 33.1 Å². The molecule has 3 aromatic rings. The van der Waals surface area contributed by atoms with E-state index in [1.807, 2.05) is 33.0 Å². The molecule has 0 spiro atoms. The Labute approximate surface area is 155 Å². The highest BCUT2D eigenvalue weighted by atomic mass is 32.1. The number of rotatable bonds is 6. The van der Waals surface area contributed by atoms with Crippen molar-refractivity contribution < 1.29 is 9.90 Å². The molecule has 2 heterocycles. The maximum atomic E-state index is 11.3. The topological polar surface area (TPSA) is 100 Å². The molecule has 3 rings (SSSR count). The van der Waals surface area contributed by atoms with Crippen molar-refractivity contribution in [3.63, 3.8) is 0 Å². The number of aromatic nitrogens is 3. The standard InChI is InChI=1S/C18H19N5O2S/c1-4-11-9-12(5-6-13(11)16(24)25)22-17-20-8-7-14(23-17)15-10(2)21-18(19-3)26-15/h5-9H,4H2,1-3H3,(H,19,21)(H,24,25)(H,20,22,23). The number of benzene rings is 1. The number of thiazole rings is 1. The van der Waals surface area contributed by atoms with E-state index in [1.165, 1.54) is 11.3 Å². The Bertz CT molecular complexity index is 955. The molecule has 134 valence electrons. The first kappa shape index (κ1) is 17.8. The Kier molecular flexibility index (Phi) is 5.13. The fourth-order valence-corrected chi connectivity index (χ4v) is 3.48.